The number of nitrogens with zero attached hydrogens (tertiary/aromatic N) is 4. The third-order valence-corrected chi connectivity index (χ3v) is 6.17. The normalized spacial score (nSPS) is 15.7. The highest BCUT2D eigenvalue weighted by Crippen LogP contribution is 2.36. The molecule has 33 heavy (non-hydrogen) atoms. The van der Waals surface area contributed by atoms with Crippen molar-refractivity contribution in [3.8, 4) is 5.75 Å². The average Bonchev–Trinajstić information content (AvgIpc) is 3.25. The van der Waals surface area contributed by atoms with Crippen molar-refractivity contribution < 1.29 is 30.7 Å². The lowest BCUT2D eigenvalue weighted by Crippen LogP contribution is -2.21. The summed E-state index contributed by atoms with van der Waals surface area (Å²) in [6.07, 6.45) is 2.97. The maximum Gasteiger partial charge on any atom is 0.267 e. The van der Waals surface area contributed by atoms with Crippen LogP contribution in [-0.2, 0) is 10.0 Å². The monoisotopic (exact) mass is 481 g/mol. The zero-order chi connectivity index (χ0) is 23.8. The van der Waals surface area contributed by atoms with Crippen LogP contribution >= 0.6 is 0 Å². The molecule has 1 aromatic heterocycles. The Kier molecular flexibility index (Phi) is 5.89. The Morgan fingerprint density at radius 2 is 1.79 bits per heavy atom. The van der Waals surface area contributed by atoms with E-state index in [4.69, 9.17) is 4.74 Å². The van der Waals surface area contributed by atoms with Crippen molar-refractivity contribution >= 4 is 21.4 Å². The van der Waals surface area contributed by atoms with Crippen LogP contribution in [0.3, 0.4) is 0 Å². The van der Waals surface area contributed by atoms with Crippen LogP contribution in [0.4, 0.5) is 28.9 Å². The van der Waals surface area contributed by atoms with E-state index in [-0.39, 0.29) is 6.54 Å². The van der Waals surface area contributed by atoms with Gasteiger partial charge in [0, 0.05) is 11.8 Å². The summed E-state index contributed by atoms with van der Waals surface area (Å²) in [6, 6.07) is 5.06. The van der Waals surface area contributed by atoms with Gasteiger partial charge in [0.25, 0.3) is 10.0 Å². The number of aromatic nitrogens is 1. The molecule has 1 unspecified atom stereocenters. The van der Waals surface area contributed by atoms with E-state index >= 15 is 4.39 Å². The maximum atomic E-state index is 15.2. The Balaban J connectivity index is 1.64. The fourth-order valence-corrected chi connectivity index (χ4v) is 4.39. The minimum Gasteiger partial charge on any atom is -0.495 e. The van der Waals surface area contributed by atoms with E-state index in [9.17, 15) is 21.6 Å². The molecule has 1 N–H and O–H groups in total. The van der Waals surface area contributed by atoms with Crippen molar-refractivity contribution in [1.29, 1.82) is 0 Å². The minimum atomic E-state index is -4.87. The number of sulfonamides is 1. The number of pyridine rings is 1. The van der Waals surface area contributed by atoms with Crippen LogP contribution in [-0.4, -0.2) is 27.1 Å². The highest BCUT2D eigenvalue weighted by molar-refractivity contribution is 7.92. The molecule has 1 aliphatic rings. The molecule has 0 radical (unpaired) electrons. The summed E-state index contributed by atoms with van der Waals surface area (Å²) in [4.78, 5) is 2.71. The lowest BCUT2D eigenvalue weighted by Gasteiger charge is -2.18. The van der Waals surface area contributed by atoms with E-state index in [0.29, 0.717) is 11.3 Å². The second-order valence-corrected chi connectivity index (χ2v) is 8.49. The van der Waals surface area contributed by atoms with Crippen molar-refractivity contribution in [2.75, 3.05) is 23.4 Å². The molecule has 8 nitrogen and oxygen atoms in total. The van der Waals surface area contributed by atoms with Crippen LogP contribution in [0.15, 0.2) is 64.0 Å². The molecule has 4 rings (SSSR count). The number of hydrogen-bond donors (Lipinski definition) is 1. The molecule has 1 aliphatic heterocycles. The zero-order valence-electron chi connectivity index (χ0n) is 16.8. The van der Waals surface area contributed by atoms with E-state index in [0.717, 1.165) is 35.3 Å². The largest absolute Gasteiger partial charge is 0.495 e. The van der Waals surface area contributed by atoms with Gasteiger partial charge >= 0.3 is 0 Å². The summed E-state index contributed by atoms with van der Waals surface area (Å²) in [6.45, 7) is -0.0825. The van der Waals surface area contributed by atoms with Gasteiger partial charge in [0.05, 0.1) is 25.5 Å². The number of anilines is 2. The average molecular weight is 481 g/mol. The first-order valence-electron chi connectivity index (χ1n) is 9.33. The van der Waals surface area contributed by atoms with Gasteiger partial charge in [0.15, 0.2) is 16.5 Å². The molecule has 172 valence electrons. The van der Waals surface area contributed by atoms with Crippen LogP contribution < -0.4 is 14.5 Å². The fraction of sp³-hybridized carbons (Fsp3) is 0.150. The van der Waals surface area contributed by atoms with E-state index in [1.54, 1.807) is 10.8 Å². The van der Waals surface area contributed by atoms with Gasteiger partial charge in [-0.2, -0.15) is 5.11 Å². The molecule has 2 heterocycles. The summed E-state index contributed by atoms with van der Waals surface area (Å²) >= 11 is 0. The van der Waals surface area contributed by atoms with Crippen molar-refractivity contribution in [3.63, 3.8) is 0 Å². The van der Waals surface area contributed by atoms with Crippen LogP contribution in [0.1, 0.15) is 11.6 Å². The van der Waals surface area contributed by atoms with Gasteiger partial charge < -0.3 is 4.74 Å². The second kappa shape index (κ2) is 8.65. The van der Waals surface area contributed by atoms with Crippen molar-refractivity contribution in [3.05, 3.63) is 77.6 Å². The second-order valence-electron chi connectivity index (χ2n) is 6.87. The molecule has 0 spiro atoms. The predicted octanol–water partition coefficient (Wildman–Crippen LogP) is 4.38. The van der Waals surface area contributed by atoms with Crippen molar-refractivity contribution in [2.24, 2.45) is 10.3 Å². The van der Waals surface area contributed by atoms with Gasteiger partial charge in [-0.15, -0.1) is 0 Å². The zero-order valence-corrected chi connectivity index (χ0v) is 17.7. The van der Waals surface area contributed by atoms with Crippen molar-refractivity contribution in [1.82, 2.24) is 4.98 Å². The van der Waals surface area contributed by atoms with Gasteiger partial charge in [-0.1, -0.05) is 11.3 Å². The number of rotatable bonds is 6. The molecule has 0 saturated heterocycles. The van der Waals surface area contributed by atoms with E-state index in [2.05, 4.69) is 15.3 Å². The molecule has 0 amide bonds. The Morgan fingerprint density at radius 1 is 1.06 bits per heavy atom. The molecule has 1 atom stereocenters. The fourth-order valence-electron chi connectivity index (χ4n) is 3.19. The van der Waals surface area contributed by atoms with Crippen LogP contribution in [0.5, 0.6) is 5.75 Å². The molecule has 0 fully saturated rings. The van der Waals surface area contributed by atoms with Gasteiger partial charge in [-0.25, -0.2) is 31.0 Å². The molecule has 0 aliphatic carbocycles. The Labute approximate surface area is 185 Å². The number of nitrogens with one attached hydrogen (secondary N) is 1. The minimum absolute atomic E-state index is 0.0825. The molecule has 0 saturated carbocycles. The summed E-state index contributed by atoms with van der Waals surface area (Å²) in [5, 5.41) is 8.67. The number of hydrogen-bond acceptors (Lipinski definition) is 7. The Morgan fingerprint density at radius 3 is 2.48 bits per heavy atom. The third kappa shape index (κ3) is 4.31. The lowest BCUT2D eigenvalue weighted by atomic mass is 10.1. The highest BCUT2D eigenvalue weighted by atomic mass is 32.2. The number of benzene rings is 2. The predicted molar refractivity (Wildman–Crippen MR) is 109 cm³/mol. The molecule has 2 aromatic carbocycles. The van der Waals surface area contributed by atoms with Gasteiger partial charge in [-0.3, -0.25) is 9.71 Å². The SMILES string of the molecule is COc1cncc(C2CN(c3c(F)ccc(NS(=O)(=O)c4c(F)cccc4F)c3F)N=N2)c1. The van der Waals surface area contributed by atoms with Gasteiger partial charge in [-0.05, 0) is 30.3 Å². The Bertz CT molecular complexity index is 1330. The maximum absolute atomic E-state index is 15.2. The number of methoxy groups -OCH3 is 1. The van der Waals surface area contributed by atoms with E-state index in [1.165, 1.54) is 19.5 Å². The smallest absolute Gasteiger partial charge is 0.267 e. The quantitative estimate of drug-likeness (QED) is 0.528. The Hall–Kier alpha value is -3.74. The first-order chi connectivity index (χ1) is 15.7. The molecule has 13 heteroatoms. The molecule has 0 bridgehead atoms. The first-order valence-corrected chi connectivity index (χ1v) is 10.8. The van der Waals surface area contributed by atoms with E-state index < -0.39 is 55.6 Å². The van der Waals surface area contributed by atoms with Gasteiger partial charge in [0.1, 0.15) is 29.1 Å². The summed E-state index contributed by atoms with van der Waals surface area (Å²) in [5.41, 5.74) is -0.838. The summed E-state index contributed by atoms with van der Waals surface area (Å²) in [7, 11) is -3.42. The number of ether oxygens (including phenoxy) is 1. The first kappa shape index (κ1) is 22.5. The van der Waals surface area contributed by atoms with Crippen LogP contribution in [0.2, 0.25) is 0 Å². The highest BCUT2D eigenvalue weighted by Gasteiger charge is 2.30. The standard InChI is InChI=1S/C20H15F4N5O3S/c1-32-12-7-11(8-25-9-12)17-10-29(28-26-17)19-13(21)5-6-16(18(19)24)27-33(30,31)20-14(22)3-2-4-15(20)23/h2-9,17,27H,10H2,1H3. The summed E-state index contributed by atoms with van der Waals surface area (Å²) < 4.78 is 89.3. The topological polar surface area (TPSA) is 96.2 Å². The van der Waals surface area contributed by atoms with Crippen molar-refractivity contribution in [2.45, 2.75) is 10.9 Å². The van der Waals surface area contributed by atoms with Crippen LogP contribution in [0, 0.1) is 23.3 Å². The van der Waals surface area contributed by atoms with Gasteiger partial charge in [0.2, 0.25) is 0 Å². The van der Waals surface area contributed by atoms with E-state index in [1.807, 2.05) is 0 Å². The van der Waals surface area contributed by atoms with Crippen LogP contribution in [0.25, 0.3) is 0 Å². The summed E-state index contributed by atoms with van der Waals surface area (Å²) in [5.74, 6) is -4.66. The lowest BCUT2D eigenvalue weighted by molar-refractivity contribution is 0.412. The molecular formula is C20H15F4N5O3S. The number of halogens is 4. The molecular weight excluding hydrogens is 466 g/mol. The third-order valence-electron chi connectivity index (χ3n) is 4.76. The molecule has 3 aromatic rings.